The first kappa shape index (κ1) is 28.7. The number of hydrogen-bond donors (Lipinski definition) is 0. The van der Waals surface area contributed by atoms with Crippen molar-refractivity contribution in [3.8, 4) is 45.6 Å². The van der Waals surface area contributed by atoms with E-state index >= 15 is 0 Å². The van der Waals surface area contributed by atoms with Gasteiger partial charge in [0.15, 0.2) is 0 Å². The monoisotopic (exact) mass is 644 g/mol. The number of benzene rings is 8. The standard InChI is InChI=1S/C47H32O3/c1-29-11-17-33(18-12-29)48-35-21-23-37-31(27-35)15-25-43-45(37)50-46-38-24-22-36(49-34-19-13-30(2)14-20-34)28-32(38)16-26-44(46)47(43)41-9-5-3-7-39(41)40-8-4-6-10-42(40)47/h3-28H,1-2H3. The highest BCUT2D eigenvalue weighted by Crippen LogP contribution is 2.64. The first-order chi connectivity index (χ1) is 24.6. The minimum Gasteiger partial charge on any atom is -0.457 e. The molecular formula is C47H32O3. The van der Waals surface area contributed by atoms with Crippen molar-refractivity contribution in [3.63, 3.8) is 0 Å². The van der Waals surface area contributed by atoms with E-state index in [1.54, 1.807) is 0 Å². The first-order valence-corrected chi connectivity index (χ1v) is 17.1. The second-order valence-electron chi connectivity index (χ2n) is 13.4. The van der Waals surface area contributed by atoms with Crippen molar-refractivity contribution in [1.29, 1.82) is 0 Å². The molecule has 0 radical (unpaired) electrons. The molecule has 1 aliphatic heterocycles. The van der Waals surface area contributed by atoms with Crippen molar-refractivity contribution in [2.75, 3.05) is 0 Å². The molecule has 1 spiro atoms. The molecule has 0 aromatic heterocycles. The molecule has 0 bridgehead atoms. The number of rotatable bonds is 4. The summed E-state index contributed by atoms with van der Waals surface area (Å²) in [7, 11) is 0. The summed E-state index contributed by atoms with van der Waals surface area (Å²) in [5.74, 6) is 4.94. The van der Waals surface area contributed by atoms with Crippen LogP contribution < -0.4 is 14.2 Å². The van der Waals surface area contributed by atoms with E-state index in [1.807, 2.05) is 36.4 Å². The molecule has 0 amide bonds. The van der Waals surface area contributed by atoms with Gasteiger partial charge >= 0.3 is 0 Å². The molecule has 0 saturated carbocycles. The summed E-state index contributed by atoms with van der Waals surface area (Å²) in [6.45, 7) is 4.16. The van der Waals surface area contributed by atoms with Gasteiger partial charge in [0.05, 0.1) is 5.41 Å². The van der Waals surface area contributed by atoms with Crippen molar-refractivity contribution < 1.29 is 14.2 Å². The highest BCUT2D eigenvalue weighted by Gasteiger charge is 2.51. The summed E-state index contributed by atoms with van der Waals surface area (Å²) in [6.07, 6.45) is 0. The predicted molar refractivity (Wildman–Crippen MR) is 201 cm³/mol. The molecule has 10 rings (SSSR count). The summed E-state index contributed by atoms with van der Waals surface area (Å²) in [6, 6.07) is 55.5. The van der Waals surface area contributed by atoms with Crippen LogP contribution in [0.3, 0.4) is 0 Å². The zero-order valence-electron chi connectivity index (χ0n) is 27.7. The first-order valence-electron chi connectivity index (χ1n) is 17.1. The molecule has 0 fully saturated rings. The zero-order valence-corrected chi connectivity index (χ0v) is 27.7. The molecule has 8 aromatic rings. The molecule has 0 atom stereocenters. The maximum atomic E-state index is 7.18. The Bertz CT molecular complexity index is 2450. The summed E-state index contributed by atoms with van der Waals surface area (Å²) in [5.41, 5.74) is 9.16. The SMILES string of the molecule is Cc1ccc(Oc2ccc3c4c(ccc3c2)C2(c3ccccc3-c3ccccc32)c2ccc3cc(Oc5ccc(C)cc5)ccc3c2O4)cc1. The average molecular weight is 645 g/mol. The van der Waals surface area contributed by atoms with Crippen LogP contribution in [0.4, 0.5) is 0 Å². The van der Waals surface area contributed by atoms with E-state index in [4.69, 9.17) is 14.2 Å². The summed E-state index contributed by atoms with van der Waals surface area (Å²) < 4.78 is 19.8. The highest BCUT2D eigenvalue weighted by molar-refractivity contribution is 6.00. The zero-order chi connectivity index (χ0) is 33.4. The fraction of sp³-hybridized carbons (Fsp3) is 0.0638. The Morgan fingerprint density at radius 3 is 1.28 bits per heavy atom. The number of ether oxygens (including phenoxy) is 3. The average Bonchev–Trinajstić information content (AvgIpc) is 3.44. The molecule has 50 heavy (non-hydrogen) atoms. The molecule has 1 heterocycles. The molecule has 238 valence electrons. The van der Waals surface area contributed by atoms with Crippen LogP contribution in [0, 0.1) is 13.8 Å². The van der Waals surface area contributed by atoms with Gasteiger partial charge in [-0.1, -0.05) is 108 Å². The van der Waals surface area contributed by atoms with Crippen LogP contribution in [-0.4, -0.2) is 0 Å². The highest BCUT2D eigenvalue weighted by atomic mass is 16.5. The van der Waals surface area contributed by atoms with Crippen molar-refractivity contribution in [2.24, 2.45) is 0 Å². The van der Waals surface area contributed by atoms with Crippen LogP contribution in [0.1, 0.15) is 33.4 Å². The van der Waals surface area contributed by atoms with Crippen LogP contribution in [0.25, 0.3) is 32.7 Å². The van der Waals surface area contributed by atoms with Gasteiger partial charge in [-0.15, -0.1) is 0 Å². The smallest absolute Gasteiger partial charge is 0.140 e. The Labute approximate surface area is 291 Å². The van der Waals surface area contributed by atoms with Gasteiger partial charge in [0.2, 0.25) is 0 Å². The lowest BCUT2D eigenvalue weighted by molar-refractivity contribution is 0.447. The van der Waals surface area contributed by atoms with E-state index in [9.17, 15) is 0 Å². The Hall–Kier alpha value is -6.32. The third-order valence-corrected chi connectivity index (χ3v) is 10.4. The second-order valence-corrected chi connectivity index (χ2v) is 13.4. The predicted octanol–water partition coefficient (Wildman–Crippen LogP) is 12.7. The van der Waals surface area contributed by atoms with E-state index in [0.717, 1.165) is 67.2 Å². The van der Waals surface area contributed by atoms with Gasteiger partial charge in [0.1, 0.15) is 34.5 Å². The third-order valence-electron chi connectivity index (χ3n) is 10.4. The van der Waals surface area contributed by atoms with E-state index < -0.39 is 5.41 Å². The van der Waals surface area contributed by atoms with Gasteiger partial charge in [-0.3, -0.25) is 0 Å². The minimum absolute atomic E-state index is 0.563. The molecule has 0 N–H and O–H groups in total. The van der Waals surface area contributed by atoms with Crippen LogP contribution in [0.15, 0.2) is 158 Å². The summed E-state index contributed by atoms with van der Waals surface area (Å²) >= 11 is 0. The lowest BCUT2D eigenvalue weighted by atomic mass is 9.65. The van der Waals surface area contributed by atoms with Gasteiger partial charge in [-0.2, -0.15) is 0 Å². The molecule has 1 aliphatic carbocycles. The summed E-state index contributed by atoms with van der Waals surface area (Å²) in [4.78, 5) is 0. The number of hydrogen-bond acceptors (Lipinski definition) is 3. The Morgan fingerprint density at radius 1 is 0.400 bits per heavy atom. The van der Waals surface area contributed by atoms with Crippen LogP contribution in [-0.2, 0) is 5.41 Å². The largest absolute Gasteiger partial charge is 0.457 e. The Kier molecular flexibility index (Phi) is 6.22. The van der Waals surface area contributed by atoms with E-state index in [2.05, 4.69) is 135 Å². The van der Waals surface area contributed by atoms with Crippen molar-refractivity contribution in [1.82, 2.24) is 0 Å². The molecule has 3 heteroatoms. The van der Waals surface area contributed by atoms with Gasteiger partial charge in [-0.05, 0) is 108 Å². The van der Waals surface area contributed by atoms with Gasteiger partial charge in [-0.25, -0.2) is 0 Å². The van der Waals surface area contributed by atoms with Crippen LogP contribution >= 0.6 is 0 Å². The molecular weight excluding hydrogens is 613 g/mol. The Morgan fingerprint density at radius 2 is 0.820 bits per heavy atom. The summed E-state index contributed by atoms with van der Waals surface area (Å²) in [5, 5.41) is 4.20. The fourth-order valence-electron chi connectivity index (χ4n) is 8.04. The number of fused-ring (bicyclic) bond motifs is 13. The van der Waals surface area contributed by atoms with E-state index in [-0.39, 0.29) is 0 Å². The lowest BCUT2D eigenvalue weighted by Gasteiger charge is -2.40. The van der Waals surface area contributed by atoms with Gasteiger partial charge in [0.25, 0.3) is 0 Å². The topological polar surface area (TPSA) is 27.7 Å². The van der Waals surface area contributed by atoms with Crippen LogP contribution in [0.5, 0.6) is 34.5 Å². The van der Waals surface area contributed by atoms with Gasteiger partial charge < -0.3 is 14.2 Å². The maximum Gasteiger partial charge on any atom is 0.140 e. The van der Waals surface area contributed by atoms with Crippen molar-refractivity contribution >= 4 is 21.5 Å². The molecule has 0 saturated heterocycles. The lowest BCUT2D eigenvalue weighted by Crippen LogP contribution is -2.32. The Balaban J connectivity index is 1.19. The third kappa shape index (κ3) is 4.23. The van der Waals surface area contributed by atoms with Crippen molar-refractivity contribution in [3.05, 3.63) is 191 Å². The number of aryl methyl sites for hydroxylation is 2. The van der Waals surface area contributed by atoms with E-state index in [0.29, 0.717) is 0 Å². The van der Waals surface area contributed by atoms with Crippen molar-refractivity contribution in [2.45, 2.75) is 19.3 Å². The molecule has 8 aromatic carbocycles. The second kappa shape index (κ2) is 10.8. The molecule has 2 aliphatic rings. The molecule has 3 nitrogen and oxygen atoms in total. The van der Waals surface area contributed by atoms with Crippen LogP contribution in [0.2, 0.25) is 0 Å². The molecule has 0 unspecified atom stereocenters. The normalized spacial score (nSPS) is 13.3. The maximum absolute atomic E-state index is 7.18. The fourth-order valence-corrected chi connectivity index (χ4v) is 8.04. The minimum atomic E-state index is -0.563. The van der Waals surface area contributed by atoms with Gasteiger partial charge in [0, 0.05) is 21.9 Å². The quantitative estimate of drug-likeness (QED) is 0.191. The van der Waals surface area contributed by atoms with E-state index in [1.165, 1.54) is 33.4 Å².